The predicted octanol–water partition coefficient (Wildman–Crippen LogP) is 1.13. The second-order valence-corrected chi connectivity index (χ2v) is 2.88. The standard InChI is InChI=1S/C6H9NOS/c1-4-3-9-5(2-8)6(4)7/h3,8H,2,7H2,1H3. The van der Waals surface area contributed by atoms with Crippen molar-refractivity contribution in [3.05, 3.63) is 15.8 Å². The molecule has 1 aromatic rings. The van der Waals surface area contributed by atoms with Gasteiger partial charge in [0.2, 0.25) is 0 Å². The summed E-state index contributed by atoms with van der Waals surface area (Å²) in [4.78, 5) is 0.868. The van der Waals surface area contributed by atoms with Gasteiger partial charge in [0.25, 0.3) is 0 Å². The molecule has 3 heteroatoms. The lowest BCUT2D eigenvalue weighted by molar-refractivity contribution is 0.286. The van der Waals surface area contributed by atoms with Crippen molar-refractivity contribution in [1.82, 2.24) is 0 Å². The predicted molar refractivity (Wildman–Crippen MR) is 39.4 cm³/mol. The van der Waals surface area contributed by atoms with Crippen LogP contribution in [0.2, 0.25) is 0 Å². The minimum Gasteiger partial charge on any atom is -0.398 e. The van der Waals surface area contributed by atoms with Crippen molar-refractivity contribution in [2.24, 2.45) is 0 Å². The van der Waals surface area contributed by atoms with Gasteiger partial charge in [-0.1, -0.05) is 0 Å². The monoisotopic (exact) mass is 143 g/mol. The molecule has 1 heterocycles. The molecular weight excluding hydrogens is 134 g/mol. The van der Waals surface area contributed by atoms with E-state index in [9.17, 15) is 0 Å². The number of rotatable bonds is 1. The first-order valence-corrected chi connectivity index (χ1v) is 3.57. The number of aliphatic hydroxyl groups excluding tert-OH is 1. The van der Waals surface area contributed by atoms with Crippen LogP contribution in [0.3, 0.4) is 0 Å². The molecule has 1 rings (SSSR count). The molecule has 1 aromatic heterocycles. The van der Waals surface area contributed by atoms with E-state index in [1.807, 2.05) is 12.3 Å². The molecule has 0 saturated heterocycles. The zero-order valence-corrected chi connectivity index (χ0v) is 6.03. The van der Waals surface area contributed by atoms with Crippen LogP contribution in [-0.4, -0.2) is 5.11 Å². The Balaban J connectivity index is 3.04. The molecule has 0 aliphatic heterocycles. The Morgan fingerprint density at radius 2 is 2.44 bits per heavy atom. The van der Waals surface area contributed by atoms with Gasteiger partial charge < -0.3 is 10.8 Å². The van der Waals surface area contributed by atoms with E-state index in [-0.39, 0.29) is 6.61 Å². The minimum absolute atomic E-state index is 0.0599. The molecule has 9 heavy (non-hydrogen) atoms. The summed E-state index contributed by atoms with van der Waals surface area (Å²) in [6.07, 6.45) is 0. The van der Waals surface area contributed by atoms with Gasteiger partial charge in [-0.25, -0.2) is 0 Å². The van der Waals surface area contributed by atoms with E-state index < -0.39 is 0 Å². The zero-order valence-electron chi connectivity index (χ0n) is 5.22. The maximum atomic E-state index is 8.66. The highest BCUT2D eigenvalue weighted by Crippen LogP contribution is 2.23. The number of hydrogen-bond acceptors (Lipinski definition) is 3. The number of hydrogen-bond donors (Lipinski definition) is 2. The van der Waals surface area contributed by atoms with Crippen LogP contribution in [0.25, 0.3) is 0 Å². The summed E-state index contributed by atoms with van der Waals surface area (Å²) in [5.41, 5.74) is 7.36. The summed E-state index contributed by atoms with van der Waals surface area (Å²) < 4.78 is 0. The van der Waals surface area contributed by atoms with Crippen molar-refractivity contribution in [3.8, 4) is 0 Å². The summed E-state index contributed by atoms with van der Waals surface area (Å²) in [6, 6.07) is 0. The highest BCUT2D eigenvalue weighted by molar-refractivity contribution is 7.10. The lowest BCUT2D eigenvalue weighted by atomic mass is 10.3. The molecule has 3 N–H and O–H groups in total. The Kier molecular flexibility index (Phi) is 1.73. The lowest BCUT2D eigenvalue weighted by Gasteiger charge is -1.91. The average Bonchev–Trinajstić information content (AvgIpc) is 2.15. The third-order valence-electron chi connectivity index (χ3n) is 1.25. The Morgan fingerprint density at radius 3 is 2.67 bits per heavy atom. The molecule has 0 aromatic carbocycles. The third kappa shape index (κ3) is 1.06. The fraction of sp³-hybridized carbons (Fsp3) is 0.333. The fourth-order valence-electron chi connectivity index (χ4n) is 0.629. The van der Waals surface area contributed by atoms with E-state index in [0.29, 0.717) is 0 Å². The molecule has 0 spiro atoms. The number of nitrogens with two attached hydrogens (primary N) is 1. The summed E-state index contributed by atoms with van der Waals surface area (Å²) in [5.74, 6) is 0. The van der Waals surface area contributed by atoms with Crippen LogP contribution in [0.4, 0.5) is 5.69 Å². The van der Waals surface area contributed by atoms with Crippen molar-refractivity contribution >= 4 is 17.0 Å². The summed E-state index contributed by atoms with van der Waals surface area (Å²) in [7, 11) is 0. The quantitative estimate of drug-likeness (QED) is 0.619. The highest BCUT2D eigenvalue weighted by atomic mass is 32.1. The summed E-state index contributed by atoms with van der Waals surface area (Å²) in [5, 5.41) is 10.6. The van der Waals surface area contributed by atoms with Crippen molar-refractivity contribution in [2.45, 2.75) is 13.5 Å². The van der Waals surface area contributed by atoms with E-state index >= 15 is 0 Å². The van der Waals surface area contributed by atoms with E-state index in [1.165, 1.54) is 11.3 Å². The molecule has 0 amide bonds. The lowest BCUT2D eigenvalue weighted by Crippen LogP contribution is -1.89. The molecule has 0 aliphatic carbocycles. The first-order chi connectivity index (χ1) is 4.25. The van der Waals surface area contributed by atoms with Crippen molar-refractivity contribution < 1.29 is 5.11 Å². The largest absolute Gasteiger partial charge is 0.398 e. The Hall–Kier alpha value is -0.540. The van der Waals surface area contributed by atoms with Gasteiger partial charge in [0, 0.05) is 0 Å². The second kappa shape index (κ2) is 2.37. The Bertz CT molecular complexity index is 207. The third-order valence-corrected chi connectivity index (χ3v) is 2.35. The number of thiophene rings is 1. The van der Waals surface area contributed by atoms with Gasteiger partial charge in [0.05, 0.1) is 17.2 Å². The van der Waals surface area contributed by atoms with Crippen LogP contribution in [0.5, 0.6) is 0 Å². The van der Waals surface area contributed by atoms with Crippen LogP contribution in [-0.2, 0) is 6.61 Å². The maximum Gasteiger partial charge on any atom is 0.0795 e. The number of aryl methyl sites for hydroxylation is 1. The zero-order chi connectivity index (χ0) is 6.85. The molecule has 0 fully saturated rings. The van der Waals surface area contributed by atoms with Crippen LogP contribution < -0.4 is 5.73 Å². The summed E-state index contributed by atoms with van der Waals surface area (Å²) in [6.45, 7) is 2.00. The Morgan fingerprint density at radius 1 is 1.78 bits per heavy atom. The van der Waals surface area contributed by atoms with Gasteiger partial charge in [0.15, 0.2) is 0 Å². The van der Waals surface area contributed by atoms with Gasteiger partial charge in [-0.3, -0.25) is 0 Å². The smallest absolute Gasteiger partial charge is 0.0795 e. The van der Waals surface area contributed by atoms with Gasteiger partial charge in [0.1, 0.15) is 0 Å². The molecule has 0 bridgehead atoms. The van der Waals surface area contributed by atoms with Gasteiger partial charge in [-0.05, 0) is 17.9 Å². The van der Waals surface area contributed by atoms with Crippen molar-refractivity contribution in [3.63, 3.8) is 0 Å². The molecule has 0 radical (unpaired) electrons. The normalized spacial score (nSPS) is 10.0. The van der Waals surface area contributed by atoms with Crippen LogP contribution in [0, 0.1) is 6.92 Å². The van der Waals surface area contributed by atoms with E-state index in [2.05, 4.69) is 0 Å². The van der Waals surface area contributed by atoms with E-state index in [0.717, 1.165) is 16.1 Å². The first kappa shape index (κ1) is 6.58. The highest BCUT2D eigenvalue weighted by Gasteiger charge is 2.01. The summed E-state index contributed by atoms with van der Waals surface area (Å²) >= 11 is 1.50. The van der Waals surface area contributed by atoms with Gasteiger partial charge >= 0.3 is 0 Å². The van der Waals surface area contributed by atoms with E-state index in [4.69, 9.17) is 10.8 Å². The number of aliphatic hydroxyl groups is 1. The van der Waals surface area contributed by atoms with Crippen molar-refractivity contribution in [1.29, 1.82) is 0 Å². The Labute approximate surface area is 57.9 Å². The fourth-order valence-corrected chi connectivity index (χ4v) is 1.44. The molecule has 50 valence electrons. The minimum atomic E-state index is 0.0599. The number of anilines is 1. The number of nitrogen functional groups attached to an aromatic ring is 1. The molecule has 0 atom stereocenters. The van der Waals surface area contributed by atoms with Gasteiger partial charge in [-0.15, -0.1) is 11.3 Å². The molecule has 0 aliphatic rings. The SMILES string of the molecule is Cc1csc(CO)c1N. The second-order valence-electron chi connectivity index (χ2n) is 1.91. The molecule has 2 nitrogen and oxygen atoms in total. The molecular formula is C6H9NOS. The van der Waals surface area contributed by atoms with Crippen molar-refractivity contribution in [2.75, 3.05) is 5.73 Å². The first-order valence-electron chi connectivity index (χ1n) is 2.69. The van der Waals surface area contributed by atoms with Gasteiger partial charge in [-0.2, -0.15) is 0 Å². The van der Waals surface area contributed by atoms with Crippen LogP contribution >= 0.6 is 11.3 Å². The van der Waals surface area contributed by atoms with Crippen LogP contribution in [0.1, 0.15) is 10.4 Å². The molecule has 0 unspecified atom stereocenters. The van der Waals surface area contributed by atoms with E-state index in [1.54, 1.807) is 0 Å². The maximum absolute atomic E-state index is 8.66. The van der Waals surface area contributed by atoms with Crippen LogP contribution in [0.15, 0.2) is 5.38 Å². The average molecular weight is 143 g/mol. The topological polar surface area (TPSA) is 46.2 Å². The molecule has 0 saturated carbocycles.